The quantitative estimate of drug-likeness (QED) is 0.917. The molecule has 1 aliphatic heterocycles. The van der Waals surface area contributed by atoms with Crippen molar-refractivity contribution in [3.8, 4) is 0 Å². The number of ketones is 1. The molecule has 2 aromatic rings. The number of nitrogens with one attached hydrogen (secondary N) is 1. The zero-order valence-corrected chi connectivity index (χ0v) is 12.0. The van der Waals surface area contributed by atoms with Crippen molar-refractivity contribution in [2.24, 2.45) is 5.10 Å². The van der Waals surface area contributed by atoms with Crippen LogP contribution >= 0.6 is 0 Å². The molecule has 0 radical (unpaired) electrons. The Morgan fingerprint density at radius 2 is 1.76 bits per heavy atom. The van der Waals surface area contributed by atoms with Gasteiger partial charge >= 0.3 is 0 Å². The van der Waals surface area contributed by atoms with Crippen molar-refractivity contribution in [2.45, 2.75) is 19.3 Å². The molecule has 2 aromatic carbocycles. The third kappa shape index (κ3) is 3.02. The van der Waals surface area contributed by atoms with Gasteiger partial charge < -0.3 is 5.43 Å². The number of nitrogens with zero attached hydrogens (tertiary/aromatic N) is 1. The van der Waals surface area contributed by atoms with Crippen LogP contribution in [0.4, 0.5) is 0 Å². The van der Waals surface area contributed by atoms with Crippen molar-refractivity contribution in [1.29, 1.82) is 0 Å². The highest BCUT2D eigenvalue weighted by Crippen LogP contribution is 2.22. The molecule has 1 atom stereocenters. The number of carbonyl (C=O) groups is 1. The summed E-state index contributed by atoms with van der Waals surface area (Å²) in [4.78, 5) is 12.5. The second kappa shape index (κ2) is 5.92. The van der Waals surface area contributed by atoms with Gasteiger partial charge in [0, 0.05) is 24.4 Å². The largest absolute Gasteiger partial charge is 0.309 e. The van der Waals surface area contributed by atoms with Crippen LogP contribution < -0.4 is 5.43 Å². The Kier molecular flexibility index (Phi) is 3.82. The molecule has 0 aromatic heterocycles. The first-order valence-electron chi connectivity index (χ1n) is 7.20. The maximum Gasteiger partial charge on any atom is 0.184 e. The molecule has 0 saturated carbocycles. The molecule has 1 aliphatic rings. The second-order valence-electron chi connectivity index (χ2n) is 5.42. The Morgan fingerprint density at radius 1 is 1.05 bits per heavy atom. The smallest absolute Gasteiger partial charge is 0.184 e. The Morgan fingerprint density at radius 3 is 2.48 bits per heavy atom. The molecule has 3 rings (SSSR count). The average Bonchev–Trinajstić information content (AvgIpc) is 2.71. The van der Waals surface area contributed by atoms with Crippen LogP contribution in [0.5, 0.6) is 0 Å². The van der Waals surface area contributed by atoms with Gasteiger partial charge in [0.25, 0.3) is 0 Å². The van der Waals surface area contributed by atoms with E-state index < -0.39 is 0 Å². The van der Waals surface area contributed by atoms with Crippen molar-refractivity contribution < 1.29 is 4.79 Å². The monoisotopic (exact) mass is 278 g/mol. The molecule has 21 heavy (non-hydrogen) atoms. The summed E-state index contributed by atoms with van der Waals surface area (Å²) < 4.78 is 0. The minimum absolute atomic E-state index is 0.0951. The highest BCUT2D eigenvalue weighted by atomic mass is 16.1. The van der Waals surface area contributed by atoms with Gasteiger partial charge in [-0.05, 0) is 12.5 Å². The van der Waals surface area contributed by atoms with Crippen LogP contribution in [0.25, 0.3) is 0 Å². The van der Waals surface area contributed by atoms with Crippen LogP contribution in [-0.4, -0.2) is 18.0 Å². The molecule has 0 bridgehead atoms. The Labute approximate surface area is 124 Å². The standard InChI is InChI=1S/C18H18N2O/c1-13-7-9-15(10-8-13)18-17(21)11-16(12-19-20-18)14-5-3-2-4-6-14/h2-10,16,19H,11-12H2,1H3. The number of benzene rings is 2. The molecule has 0 saturated heterocycles. The number of aryl methyl sites for hydroxylation is 1. The number of hydrazone groups is 1. The van der Waals surface area contributed by atoms with E-state index in [4.69, 9.17) is 0 Å². The van der Waals surface area contributed by atoms with Crippen molar-refractivity contribution >= 4 is 11.5 Å². The van der Waals surface area contributed by atoms with Gasteiger partial charge in [0.15, 0.2) is 5.78 Å². The molecule has 0 amide bonds. The number of rotatable bonds is 2. The maximum absolute atomic E-state index is 12.5. The van der Waals surface area contributed by atoms with Crippen LogP contribution in [-0.2, 0) is 4.79 Å². The first kappa shape index (κ1) is 13.6. The van der Waals surface area contributed by atoms with Gasteiger partial charge in [-0.25, -0.2) is 0 Å². The molecule has 3 heteroatoms. The van der Waals surface area contributed by atoms with Gasteiger partial charge in [-0.15, -0.1) is 0 Å². The maximum atomic E-state index is 12.5. The van der Waals surface area contributed by atoms with Crippen LogP contribution in [0, 0.1) is 6.92 Å². The summed E-state index contributed by atoms with van der Waals surface area (Å²) in [5.41, 5.74) is 6.83. The van der Waals surface area contributed by atoms with Gasteiger partial charge in [-0.3, -0.25) is 4.79 Å². The van der Waals surface area contributed by atoms with E-state index in [0.29, 0.717) is 18.7 Å². The van der Waals surface area contributed by atoms with E-state index in [-0.39, 0.29) is 11.7 Å². The van der Waals surface area contributed by atoms with Crippen molar-refractivity contribution in [3.05, 3.63) is 71.3 Å². The van der Waals surface area contributed by atoms with E-state index in [1.165, 1.54) is 11.1 Å². The molecule has 3 nitrogen and oxygen atoms in total. The van der Waals surface area contributed by atoms with E-state index in [2.05, 4.69) is 22.7 Å². The third-order valence-corrected chi connectivity index (χ3v) is 3.82. The summed E-state index contributed by atoms with van der Waals surface area (Å²) in [5.74, 6) is 0.267. The van der Waals surface area contributed by atoms with Gasteiger partial charge in [0.2, 0.25) is 0 Å². The topological polar surface area (TPSA) is 41.5 Å². The summed E-state index contributed by atoms with van der Waals surface area (Å²) in [6.45, 7) is 2.72. The lowest BCUT2D eigenvalue weighted by Crippen LogP contribution is -2.17. The summed E-state index contributed by atoms with van der Waals surface area (Å²) in [6, 6.07) is 18.1. The van der Waals surface area contributed by atoms with E-state index >= 15 is 0 Å². The molecule has 1 unspecified atom stereocenters. The fourth-order valence-corrected chi connectivity index (χ4v) is 2.59. The summed E-state index contributed by atoms with van der Waals surface area (Å²) in [5, 5.41) is 4.30. The van der Waals surface area contributed by atoms with E-state index in [1.54, 1.807) is 0 Å². The minimum Gasteiger partial charge on any atom is -0.309 e. The lowest BCUT2D eigenvalue weighted by Gasteiger charge is -2.13. The fraction of sp³-hybridized carbons (Fsp3) is 0.222. The number of hydrogen-bond donors (Lipinski definition) is 1. The van der Waals surface area contributed by atoms with E-state index in [0.717, 1.165) is 5.56 Å². The van der Waals surface area contributed by atoms with Crippen LogP contribution in [0.15, 0.2) is 59.7 Å². The molecular formula is C18H18N2O. The Balaban J connectivity index is 1.82. The third-order valence-electron chi connectivity index (χ3n) is 3.82. The van der Waals surface area contributed by atoms with Gasteiger partial charge in [0.05, 0.1) is 0 Å². The number of hydrogen-bond acceptors (Lipinski definition) is 3. The number of Topliss-reactive ketones (excluding diaryl/α,β-unsaturated/α-hetero) is 1. The second-order valence-corrected chi connectivity index (χ2v) is 5.42. The normalized spacial score (nSPS) is 18.6. The fourth-order valence-electron chi connectivity index (χ4n) is 2.59. The van der Waals surface area contributed by atoms with Gasteiger partial charge in [-0.1, -0.05) is 60.2 Å². The van der Waals surface area contributed by atoms with Crippen LogP contribution in [0.2, 0.25) is 0 Å². The predicted octanol–water partition coefficient (Wildman–Crippen LogP) is 3.05. The van der Waals surface area contributed by atoms with Crippen LogP contribution in [0.3, 0.4) is 0 Å². The first-order chi connectivity index (χ1) is 10.2. The molecule has 1 N–H and O–H groups in total. The minimum atomic E-state index is 0.0951. The summed E-state index contributed by atoms with van der Waals surface area (Å²) in [7, 11) is 0. The SMILES string of the molecule is Cc1ccc(C2=NNCC(c3ccccc3)CC2=O)cc1. The molecule has 0 fully saturated rings. The van der Waals surface area contributed by atoms with Crippen molar-refractivity contribution in [1.82, 2.24) is 5.43 Å². The van der Waals surface area contributed by atoms with E-state index in [1.807, 2.05) is 49.4 Å². The van der Waals surface area contributed by atoms with E-state index in [9.17, 15) is 4.79 Å². The van der Waals surface area contributed by atoms with Crippen molar-refractivity contribution in [3.63, 3.8) is 0 Å². The molecular weight excluding hydrogens is 260 g/mol. The lowest BCUT2D eigenvalue weighted by atomic mass is 9.91. The lowest BCUT2D eigenvalue weighted by molar-refractivity contribution is -0.113. The first-order valence-corrected chi connectivity index (χ1v) is 7.20. The summed E-state index contributed by atoms with van der Waals surface area (Å²) >= 11 is 0. The van der Waals surface area contributed by atoms with Gasteiger partial charge in [0.1, 0.15) is 5.71 Å². The Bertz CT molecular complexity index is 659. The zero-order chi connectivity index (χ0) is 14.7. The van der Waals surface area contributed by atoms with Crippen LogP contribution in [0.1, 0.15) is 29.0 Å². The summed E-state index contributed by atoms with van der Waals surface area (Å²) in [6.07, 6.45) is 0.490. The predicted molar refractivity (Wildman–Crippen MR) is 84.5 cm³/mol. The molecule has 1 heterocycles. The van der Waals surface area contributed by atoms with Gasteiger partial charge in [-0.2, -0.15) is 5.10 Å². The molecule has 0 aliphatic carbocycles. The molecule has 106 valence electrons. The zero-order valence-electron chi connectivity index (χ0n) is 12.0. The average molecular weight is 278 g/mol. The van der Waals surface area contributed by atoms with Crippen molar-refractivity contribution in [2.75, 3.05) is 6.54 Å². The molecule has 0 spiro atoms. The number of carbonyl (C=O) groups excluding carboxylic acids is 1. The highest BCUT2D eigenvalue weighted by molar-refractivity contribution is 6.46. The Hall–Kier alpha value is -2.42. The highest BCUT2D eigenvalue weighted by Gasteiger charge is 2.23.